The molecular weight excluding hydrogens is 304 g/mol. The molecule has 0 unspecified atom stereocenters. The lowest BCUT2D eigenvalue weighted by molar-refractivity contribution is 0.236. The molecule has 0 heterocycles. The molecule has 2 amide bonds. The van der Waals surface area contributed by atoms with Crippen LogP contribution >= 0.6 is 0 Å². The van der Waals surface area contributed by atoms with Gasteiger partial charge < -0.3 is 20.1 Å². The molecule has 24 heavy (non-hydrogen) atoms. The van der Waals surface area contributed by atoms with Crippen molar-refractivity contribution in [2.24, 2.45) is 0 Å². The van der Waals surface area contributed by atoms with Gasteiger partial charge >= 0.3 is 6.03 Å². The van der Waals surface area contributed by atoms with E-state index >= 15 is 0 Å². The Hall–Kier alpha value is -2.69. The Morgan fingerprint density at radius 3 is 2.58 bits per heavy atom. The van der Waals surface area contributed by atoms with E-state index in [4.69, 9.17) is 9.47 Å². The van der Waals surface area contributed by atoms with E-state index in [1.807, 2.05) is 44.2 Å². The number of urea groups is 1. The SMILES string of the molecule is COc1cccc(NC(=O)N[C@H](C)COc2ccc(C)c(C)c2)c1. The first-order valence-electron chi connectivity index (χ1n) is 7.89. The Morgan fingerprint density at radius 2 is 1.88 bits per heavy atom. The zero-order valence-corrected chi connectivity index (χ0v) is 14.6. The topological polar surface area (TPSA) is 59.6 Å². The van der Waals surface area contributed by atoms with E-state index in [-0.39, 0.29) is 12.1 Å². The molecule has 128 valence electrons. The molecule has 0 saturated carbocycles. The summed E-state index contributed by atoms with van der Waals surface area (Å²) in [6, 6.07) is 12.8. The highest BCUT2D eigenvalue weighted by molar-refractivity contribution is 5.89. The maximum Gasteiger partial charge on any atom is 0.319 e. The van der Waals surface area contributed by atoms with Gasteiger partial charge in [-0.15, -0.1) is 0 Å². The van der Waals surface area contributed by atoms with Gasteiger partial charge in [0.1, 0.15) is 18.1 Å². The smallest absolute Gasteiger partial charge is 0.319 e. The highest BCUT2D eigenvalue weighted by Gasteiger charge is 2.09. The number of aryl methyl sites for hydroxylation is 2. The van der Waals surface area contributed by atoms with Gasteiger partial charge in [0.25, 0.3) is 0 Å². The van der Waals surface area contributed by atoms with Crippen molar-refractivity contribution < 1.29 is 14.3 Å². The number of methoxy groups -OCH3 is 1. The number of nitrogens with one attached hydrogen (secondary N) is 2. The Kier molecular flexibility index (Phi) is 6.07. The van der Waals surface area contributed by atoms with Gasteiger partial charge in [0, 0.05) is 11.8 Å². The highest BCUT2D eigenvalue weighted by Crippen LogP contribution is 2.17. The first kappa shape index (κ1) is 17.7. The molecule has 0 saturated heterocycles. The van der Waals surface area contributed by atoms with Crippen LogP contribution in [0.5, 0.6) is 11.5 Å². The van der Waals surface area contributed by atoms with Crippen molar-refractivity contribution in [2.45, 2.75) is 26.8 Å². The quantitative estimate of drug-likeness (QED) is 0.845. The molecule has 5 nitrogen and oxygen atoms in total. The maximum absolute atomic E-state index is 12.0. The summed E-state index contributed by atoms with van der Waals surface area (Å²) < 4.78 is 10.9. The molecular formula is C19H24N2O3. The van der Waals surface area contributed by atoms with Crippen LogP contribution in [0.4, 0.5) is 10.5 Å². The molecule has 2 aromatic rings. The van der Waals surface area contributed by atoms with Crippen LogP contribution in [-0.4, -0.2) is 25.8 Å². The fraction of sp³-hybridized carbons (Fsp3) is 0.316. The summed E-state index contributed by atoms with van der Waals surface area (Å²) in [5, 5.41) is 5.62. The number of carbonyl (C=O) groups is 1. The van der Waals surface area contributed by atoms with Gasteiger partial charge in [-0.1, -0.05) is 12.1 Å². The van der Waals surface area contributed by atoms with Crippen LogP contribution in [0.1, 0.15) is 18.1 Å². The highest BCUT2D eigenvalue weighted by atomic mass is 16.5. The molecule has 0 aliphatic heterocycles. The number of hydrogen-bond donors (Lipinski definition) is 2. The summed E-state index contributed by atoms with van der Waals surface area (Å²) in [6.07, 6.45) is 0. The van der Waals surface area contributed by atoms with Crippen molar-refractivity contribution in [1.82, 2.24) is 5.32 Å². The number of carbonyl (C=O) groups excluding carboxylic acids is 1. The summed E-state index contributed by atoms with van der Waals surface area (Å²) in [5.74, 6) is 1.50. The predicted octanol–water partition coefficient (Wildman–Crippen LogP) is 3.90. The van der Waals surface area contributed by atoms with E-state index in [1.54, 1.807) is 19.2 Å². The Labute approximate surface area is 143 Å². The zero-order chi connectivity index (χ0) is 17.5. The van der Waals surface area contributed by atoms with E-state index in [1.165, 1.54) is 11.1 Å². The summed E-state index contributed by atoms with van der Waals surface area (Å²) in [7, 11) is 1.59. The fourth-order valence-corrected chi connectivity index (χ4v) is 2.16. The summed E-state index contributed by atoms with van der Waals surface area (Å²) in [4.78, 5) is 12.0. The van der Waals surface area contributed by atoms with Crippen molar-refractivity contribution >= 4 is 11.7 Å². The van der Waals surface area contributed by atoms with Crippen molar-refractivity contribution in [3.63, 3.8) is 0 Å². The van der Waals surface area contributed by atoms with Gasteiger partial charge in [-0.05, 0) is 56.2 Å². The Morgan fingerprint density at radius 1 is 1.08 bits per heavy atom. The summed E-state index contributed by atoms with van der Waals surface area (Å²) >= 11 is 0. The number of ether oxygens (including phenoxy) is 2. The molecule has 0 bridgehead atoms. The minimum Gasteiger partial charge on any atom is -0.497 e. The van der Waals surface area contributed by atoms with Crippen LogP contribution in [0.3, 0.4) is 0 Å². The molecule has 2 rings (SSSR count). The number of benzene rings is 2. The first-order valence-corrected chi connectivity index (χ1v) is 7.89. The molecule has 0 radical (unpaired) electrons. The molecule has 0 aromatic heterocycles. The zero-order valence-electron chi connectivity index (χ0n) is 14.6. The monoisotopic (exact) mass is 328 g/mol. The minimum atomic E-state index is -0.278. The molecule has 2 aromatic carbocycles. The van der Waals surface area contributed by atoms with Crippen LogP contribution in [0, 0.1) is 13.8 Å². The molecule has 0 aliphatic rings. The number of hydrogen-bond acceptors (Lipinski definition) is 3. The fourth-order valence-electron chi connectivity index (χ4n) is 2.16. The largest absolute Gasteiger partial charge is 0.497 e. The summed E-state index contributed by atoms with van der Waals surface area (Å²) in [5.41, 5.74) is 3.09. The van der Waals surface area contributed by atoms with E-state index < -0.39 is 0 Å². The van der Waals surface area contributed by atoms with Crippen LogP contribution in [-0.2, 0) is 0 Å². The van der Waals surface area contributed by atoms with Crippen molar-refractivity contribution in [1.29, 1.82) is 0 Å². The lowest BCUT2D eigenvalue weighted by atomic mass is 10.1. The number of rotatable bonds is 6. The predicted molar refractivity (Wildman–Crippen MR) is 96.0 cm³/mol. The van der Waals surface area contributed by atoms with Gasteiger partial charge in [-0.3, -0.25) is 0 Å². The van der Waals surface area contributed by atoms with Crippen LogP contribution in [0.2, 0.25) is 0 Å². The third-order valence-corrected chi connectivity index (χ3v) is 3.68. The lowest BCUT2D eigenvalue weighted by Gasteiger charge is -2.16. The van der Waals surface area contributed by atoms with Gasteiger partial charge in [-0.2, -0.15) is 0 Å². The first-order chi connectivity index (χ1) is 11.5. The average Bonchev–Trinajstić information content (AvgIpc) is 2.56. The van der Waals surface area contributed by atoms with E-state index in [2.05, 4.69) is 17.6 Å². The standard InChI is InChI=1S/C19H24N2O3/c1-13-8-9-18(10-14(13)2)24-12-15(3)20-19(22)21-16-6-5-7-17(11-16)23-4/h5-11,15H,12H2,1-4H3,(H2,20,21,22)/t15-/m1/s1. The van der Waals surface area contributed by atoms with Crippen LogP contribution in [0.25, 0.3) is 0 Å². The minimum absolute atomic E-state index is 0.128. The lowest BCUT2D eigenvalue weighted by Crippen LogP contribution is -2.39. The van der Waals surface area contributed by atoms with Crippen LogP contribution in [0.15, 0.2) is 42.5 Å². The second kappa shape index (κ2) is 8.24. The second-order valence-electron chi connectivity index (χ2n) is 5.79. The second-order valence-corrected chi connectivity index (χ2v) is 5.79. The third-order valence-electron chi connectivity index (χ3n) is 3.68. The average molecular weight is 328 g/mol. The third kappa shape index (κ3) is 5.19. The molecule has 2 N–H and O–H groups in total. The normalized spacial score (nSPS) is 11.5. The van der Waals surface area contributed by atoms with Crippen LogP contribution < -0.4 is 20.1 Å². The van der Waals surface area contributed by atoms with E-state index in [0.717, 1.165) is 5.75 Å². The summed E-state index contributed by atoms with van der Waals surface area (Å²) in [6.45, 7) is 6.40. The van der Waals surface area contributed by atoms with E-state index in [0.29, 0.717) is 18.0 Å². The molecule has 1 atom stereocenters. The Balaban J connectivity index is 1.81. The van der Waals surface area contributed by atoms with E-state index in [9.17, 15) is 4.79 Å². The molecule has 0 aliphatic carbocycles. The van der Waals surface area contributed by atoms with Gasteiger partial charge in [0.2, 0.25) is 0 Å². The number of anilines is 1. The van der Waals surface area contributed by atoms with Crippen molar-refractivity contribution in [3.05, 3.63) is 53.6 Å². The van der Waals surface area contributed by atoms with Gasteiger partial charge in [0.05, 0.1) is 13.2 Å². The molecule has 0 spiro atoms. The maximum atomic E-state index is 12.0. The Bertz CT molecular complexity index is 701. The van der Waals surface area contributed by atoms with Gasteiger partial charge in [-0.25, -0.2) is 4.79 Å². The van der Waals surface area contributed by atoms with Gasteiger partial charge in [0.15, 0.2) is 0 Å². The molecule has 5 heteroatoms. The number of amides is 2. The molecule has 0 fully saturated rings. The van der Waals surface area contributed by atoms with Crippen molar-refractivity contribution in [3.8, 4) is 11.5 Å². The van der Waals surface area contributed by atoms with Crippen molar-refractivity contribution in [2.75, 3.05) is 19.0 Å².